The highest BCUT2D eigenvalue weighted by molar-refractivity contribution is 7.89. The predicted octanol–water partition coefficient (Wildman–Crippen LogP) is 2.98. The molecule has 0 radical (unpaired) electrons. The zero-order chi connectivity index (χ0) is 20.1. The second-order valence-corrected chi connectivity index (χ2v) is 8.24. The molecule has 2 aromatic carbocycles. The Morgan fingerprint density at radius 2 is 1.67 bits per heavy atom. The minimum absolute atomic E-state index is 0.0550. The van der Waals surface area contributed by atoms with Crippen LogP contribution in [0.5, 0.6) is 0 Å². The van der Waals surface area contributed by atoms with E-state index in [0.717, 1.165) is 24.0 Å². The number of nitrogens with one attached hydrogen (secondary N) is 2. The largest absolute Gasteiger partial charge is 0.416 e. The average Bonchev–Trinajstić information content (AvgIpc) is 2.57. The van der Waals surface area contributed by atoms with Gasteiger partial charge in [-0.15, -0.1) is 0 Å². The molecule has 0 aliphatic rings. The van der Waals surface area contributed by atoms with Gasteiger partial charge in [0.15, 0.2) is 9.84 Å². The van der Waals surface area contributed by atoms with Gasteiger partial charge in [-0.2, -0.15) is 13.2 Å². The van der Waals surface area contributed by atoms with E-state index in [0.29, 0.717) is 5.56 Å². The highest BCUT2D eigenvalue weighted by Crippen LogP contribution is 2.30. The van der Waals surface area contributed by atoms with Crippen LogP contribution >= 0.6 is 0 Å². The topological polar surface area (TPSA) is 75.3 Å². The van der Waals surface area contributed by atoms with Gasteiger partial charge in [-0.05, 0) is 29.3 Å². The molecular formula is C18H19F3N2O3S. The van der Waals surface area contributed by atoms with Gasteiger partial charge >= 0.3 is 6.18 Å². The molecule has 27 heavy (non-hydrogen) atoms. The number of anilines is 1. The minimum Gasteiger partial charge on any atom is -0.376 e. The van der Waals surface area contributed by atoms with E-state index in [-0.39, 0.29) is 30.4 Å². The van der Waals surface area contributed by atoms with E-state index >= 15 is 0 Å². The highest BCUT2D eigenvalue weighted by Gasteiger charge is 2.30. The van der Waals surface area contributed by atoms with Crippen LogP contribution in [0, 0.1) is 0 Å². The van der Waals surface area contributed by atoms with E-state index < -0.39 is 21.6 Å². The summed E-state index contributed by atoms with van der Waals surface area (Å²) in [4.78, 5) is 11.9. The number of hydrogen-bond acceptors (Lipinski definition) is 4. The molecule has 0 aliphatic heterocycles. The van der Waals surface area contributed by atoms with Crippen molar-refractivity contribution in [3.63, 3.8) is 0 Å². The summed E-state index contributed by atoms with van der Waals surface area (Å²) in [6, 6.07) is 11.4. The summed E-state index contributed by atoms with van der Waals surface area (Å²) in [7, 11) is -3.11. The maximum atomic E-state index is 12.7. The zero-order valence-electron chi connectivity index (χ0n) is 14.5. The van der Waals surface area contributed by atoms with Crippen LogP contribution in [0.15, 0.2) is 48.5 Å². The van der Waals surface area contributed by atoms with Crippen LogP contribution in [-0.4, -0.2) is 27.1 Å². The maximum Gasteiger partial charge on any atom is 0.416 e. The fourth-order valence-corrected chi connectivity index (χ4v) is 3.11. The van der Waals surface area contributed by atoms with E-state index in [1.165, 1.54) is 12.1 Å². The molecule has 0 heterocycles. The van der Waals surface area contributed by atoms with Gasteiger partial charge in [-0.3, -0.25) is 4.79 Å². The van der Waals surface area contributed by atoms with Crippen LogP contribution in [0.25, 0.3) is 0 Å². The Labute approximate surface area is 155 Å². The first kappa shape index (κ1) is 20.8. The van der Waals surface area contributed by atoms with Crippen LogP contribution in [0.2, 0.25) is 0 Å². The first-order chi connectivity index (χ1) is 12.5. The molecule has 9 heteroatoms. The maximum absolute atomic E-state index is 12.7. The quantitative estimate of drug-likeness (QED) is 0.749. The number of rotatable bonds is 7. The third-order valence-corrected chi connectivity index (χ3v) is 4.44. The molecule has 0 bridgehead atoms. The Hall–Kier alpha value is -2.55. The molecule has 5 nitrogen and oxygen atoms in total. The van der Waals surface area contributed by atoms with Gasteiger partial charge in [-0.1, -0.05) is 30.3 Å². The molecule has 0 aromatic heterocycles. The van der Waals surface area contributed by atoms with Crippen molar-refractivity contribution in [2.45, 2.75) is 18.5 Å². The van der Waals surface area contributed by atoms with Gasteiger partial charge in [0.25, 0.3) is 0 Å². The Kier molecular flexibility index (Phi) is 6.48. The second kappa shape index (κ2) is 8.43. The van der Waals surface area contributed by atoms with Crippen LogP contribution in [0.4, 0.5) is 18.9 Å². The van der Waals surface area contributed by atoms with Crippen LogP contribution in [-0.2, 0) is 33.1 Å². The number of hydrogen-bond donors (Lipinski definition) is 2. The van der Waals surface area contributed by atoms with Crippen LogP contribution in [0.3, 0.4) is 0 Å². The summed E-state index contributed by atoms with van der Waals surface area (Å²) < 4.78 is 60.4. The molecule has 0 spiro atoms. The van der Waals surface area contributed by atoms with Crippen molar-refractivity contribution >= 4 is 21.4 Å². The molecule has 0 fully saturated rings. The van der Waals surface area contributed by atoms with Gasteiger partial charge < -0.3 is 10.6 Å². The Morgan fingerprint density at radius 3 is 2.26 bits per heavy atom. The second-order valence-electron chi connectivity index (χ2n) is 6.10. The van der Waals surface area contributed by atoms with Crippen molar-refractivity contribution in [3.05, 3.63) is 65.2 Å². The summed E-state index contributed by atoms with van der Waals surface area (Å²) in [5.74, 6) is -0.437. The van der Waals surface area contributed by atoms with E-state index in [4.69, 9.17) is 0 Å². The lowest BCUT2D eigenvalue weighted by Gasteiger charge is -2.11. The molecule has 0 saturated heterocycles. The third kappa shape index (κ3) is 7.30. The number of benzene rings is 2. The molecule has 0 saturated carbocycles. The fourth-order valence-electron chi connectivity index (χ4n) is 2.31. The number of carbonyl (C=O) groups excluding carboxylic acids is 1. The molecule has 0 atom stereocenters. The summed E-state index contributed by atoms with van der Waals surface area (Å²) >= 11 is 0. The van der Waals surface area contributed by atoms with Crippen LogP contribution in [0.1, 0.15) is 16.7 Å². The van der Waals surface area contributed by atoms with Gasteiger partial charge in [0.05, 0.1) is 17.9 Å². The number of sulfone groups is 1. The van der Waals surface area contributed by atoms with Crippen molar-refractivity contribution in [2.75, 3.05) is 18.1 Å². The molecule has 2 N–H and O–H groups in total. The predicted molar refractivity (Wildman–Crippen MR) is 96.8 cm³/mol. The molecule has 2 aromatic rings. The minimum atomic E-state index is -4.44. The van der Waals surface area contributed by atoms with Crippen molar-refractivity contribution < 1.29 is 26.4 Å². The highest BCUT2D eigenvalue weighted by atomic mass is 32.2. The lowest BCUT2D eigenvalue weighted by molar-refractivity contribution is -0.137. The fraction of sp³-hybridized carbons (Fsp3) is 0.278. The molecule has 0 unspecified atom stereocenters. The molecular weight excluding hydrogens is 381 g/mol. The number of alkyl halides is 3. The number of halogens is 3. The summed E-state index contributed by atoms with van der Waals surface area (Å²) in [5, 5.41) is 5.29. The molecule has 146 valence electrons. The van der Waals surface area contributed by atoms with Crippen molar-refractivity contribution in [2.24, 2.45) is 0 Å². The Balaban J connectivity index is 1.83. The molecule has 1 amide bonds. The van der Waals surface area contributed by atoms with E-state index in [9.17, 15) is 26.4 Å². The van der Waals surface area contributed by atoms with Crippen LogP contribution < -0.4 is 10.6 Å². The smallest absolute Gasteiger partial charge is 0.376 e. The third-order valence-electron chi connectivity index (χ3n) is 3.58. The first-order valence-corrected chi connectivity index (χ1v) is 10.0. The average molecular weight is 400 g/mol. The van der Waals surface area contributed by atoms with E-state index in [2.05, 4.69) is 10.6 Å². The zero-order valence-corrected chi connectivity index (χ0v) is 15.3. The summed E-state index contributed by atoms with van der Waals surface area (Å²) in [5.41, 5.74) is 0.839. The van der Waals surface area contributed by atoms with Crippen molar-refractivity contribution in [1.29, 1.82) is 0 Å². The lowest BCUT2D eigenvalue weighted by atomic mass is 10.1. The molecule has 2 rings (SSSR count). The van der Waals surface area contributed by atoms with E-state index in [1.54, 1.807) is 24.3 Å². The summed E-state index contributed by atoms with van der Waals surface area (Å²) in [6.45, 7) is 0.0513. The first-order valence-electron chi connectivity index (χ1n) is 7.96. The summed E-state index contributed by atoms with van der Waals surface area (Å²) in [6.07, 6.45) is -3.29. The van der Waals surface area contributed by atoms with Gasteiger partial charge in [0, 0.05) is 18.5 Å². The van der Waals surface area contributed by atoms with Crippen molar-refractivity contribution in [1.82, 2.24) is 5.32 Å². The Morgan fingerprint density at radius 1 is 1.04 bits per heavy atom. The molecule has 0 aliphatic carbocycles. The standard InChI is InChI=1S/C18H19F3N2O3S/c1-27(25,26)12-14-7-5-13(6-8-14)10-23-17(24)11-22-16-4-2-3-15(9-16)18(19,20)21/h2-9,22H,10-12H2,1H3,(H,23,24). The van der Waals surface area contributed by atoms with Gasteiger partial charge in [-0.25, -0.2) is 8.42 Å². The van der Waals surface area contributed by atoms with Gasteiger partial charge in [0.1, 0.15) is 0 Å². The number of amides is 1. The lowest BCUT2D eigenvalue weighted by Crippen LogP contribution is -2.29. The number of carbonyl (C=O) groups is 1. The van der Waals surface area contributed by atoms with Crippen molar-refractivity contribution in [3.8, 4) is 0 Å². The van der Waals surface area contributed by atoms with Gasteiger partial charge in [0.2, 0.25) is 5.91 Å². The Bertz CT molecular complexity index is 895. The SMILES string of the molecule is CS(=O)(=O)Cc1ccc(CNC(=O)CNc2cccc(C(F)(F)F)c2)cc1. The monoisotopic (exact) mass is 400 g/mol. The normalized spacial score (nSPS) is 11.9. The van der Waals surface area contributed by atoms with E-state index in [1.807, 2.05) is 0 Å².